The molecule has 2 aromatic rings. The van der Waals surface area contributed by atoms with E-state index in [1.165, 1.54) is 12.5 Å². The van der Waals surface area contributed by atoms with Gasteiger partial charge in [-0.2, -0.15) is 13.2 Å². The largest absolute Gasteiger partial charge is 0.451 e. The van der Waals surface area contributed by atoms with Gasteiger partial charge in [0.15, 0.2) is 0 Å². The Balaban J connectivity index is 1.80. The normalized spacial score (nSPS) is 15.9. The molecule has 1 saturated carbocycles. The minimum Gasteiger partial charge on any atom is -0.339 e. The van der Waals surface area contributed by atoms with Gasteiger partial charge in [-0.25, -0.2) is 9.97 Å². The number of hydrogen-bond donors (Lipinski definition) is 0. The van der Waals surface area contributed by atoms with Crippen LogP contribution in [-0.2, 0) is 11.0 Å². The summed E-state index contributed by atoms with van der Waals surface area (Å²) in [5.41, 5.74) is 0.231. The van der Waals surface area contributed by atoms with Gasteiger partial charge in [0.05, 0.1) is 11.3 Å². The second-order valence-electron chi connectivity index (χ2n) is 6.63. The van der Waals surface area contributed by atoms with Crippen molar-refractivity contribution in [2.24, 2.45) is 0 Å². The van der Waals surface area contributed by atoms with Gasteiger partial charge in [-0.3, -0.25) is 4.79 Å². The van der Waals surface area contributed by atoms with Gasteiger partial charge in [-0.05, 0) is 25.8 Å². The van der Waals surface area contributed by atoms with Crippen molar-refractivity contribution in [1.82, 2.24) is 14.9 Å². The van der Waals surface area contributed by atoms with E-state index in [1.807, 2.05) is 11.8 Å². The number of halogens is 3. The first kappa shape index (κ1) is 19.9. The number of aromatic nitrogens is 2. The molecule has 0 aliphatic heterocycles. The highest BCUT2D eigenvalue weighted by atomic mass is 32.2. The summed E-state index contributed by atoms with van der Waals surface area (Å²) in [4.78, 5) is 21.9. The van der Waals surface area contributed by atoms with E-state index in [2.05, 4.69) is 9.97 Å². The Kier molecular flexibility index (Phi) is 6.24. The molecule has 1 amide bonds. The van der Waals surface area contributed by atoms with Crippen molar-refractivity contribution in [3.05, 3.63) is 30.1 Å². The monoisotopic (exact) mass is 397 g/mol. The van der Waals surface area contributed by atoms with Crippen LogP contribution in [0.5, 0.6) is 0 Å². The quantitative estimate of drug-likeness (QED) is 0.531. The third-order valence-electron chi connectivity index (χ3n) is 4.83. The van der Waals surface area contributed by atoms with Crippen molar-refractivity contribution >= 4 is 28.6 Å². The first-order chi connectivity index (χ1) is 12.9. The standard InChI is InChI=1S/C19H22F3N3OS/c1-2-25(13-8-4-3-5-9-13)16(26)12-27-17-14-10-6-7-11-15(14)23-18(24-17)19(20,21)22/h6-7,10-11,13H,2-5,8-9,12H2,1H3. The zero-order valence-corrected chi connectivity index (χ0v) is 15.9. The molecule has 1 fully saturated rings. The van der Waals surface area contributed by atoms with Gasteiger partial charge in [-0.1, -0.05) is 49.2 Å². The Morgan fingerprint density at radius 1 is 1.19 bits per heavy atom. The van der Waals surface area contributed by atoms with Gasteiger partial charge in [0.1, 0.15) is 5.03 Å². The topological polar surface area (TPSA) is 46.1 Å². The molecule has 8 heteroatoms. The maximum Gasteiger partial charge on any atom is 0.451 e. The molecule has 0 atom stereocenters. The van der Waals surface area contributed by atoms with Crippen LogP contribution in [0.4, 0.5) is 13.2 Å². The Labute approximate surface area is 160 Å². The number of carbonyl (C=O) groups is 1. The van der Waals surface area contributed by atoms with E-state index in [9.17, 15) is 18.0 Å². The van der Waals surface area contributed by atoms with Crippen molar-refractivity contribution in [2.45, 2.75) is 56.3 Å². The van der Waals surface area contributed by atoms with E-state index in [1.54, 1.807) is 18.2 Å². The number of benzene rings is 1. The summed E-state index contributed by atoms with van der Waals surface area (Å²) in [6.07, 6.45) is 0.809. The van der Waals surface area contributed by atoms with Crippen LogP contribution in [0.3, 0.4) is 0 Å². The van der Waals surface area contributed by atoms with E-state index in [-0.39, 0.29) is 28.2 Å². The maximum atomic E-state index is 13.1. The molecule has 1 aromatic carbocycles. The molecule has 0 saturated heterocycles. The summed E-state index contributed by atoms with van der Waals surface area (Å²) in [6, 6.07) is 6.81. The van der Waals surface area contributed by atoms with Crippen molar-refractivity contribution in [1.29, 1.82) is 0 Å². The lowest BCUT2D eigenvalue weighted by Gasteiger charge is -2.33. The Bertz CT molecular complexity index is 806. The molecule has 1 aliphatic rings. The van der Waals surface area contributed by atoms with Gasteiger partial charge in [0.2, 0.25) is 11.7 Å². The summed E-state index contributed by atoms with van der Waals surface area (Å²) >= 11 is 1.05. The molecule has 1 heterocycles. The third-order valence-corrected chi connectivity index (χ3v) is 5.81. The lowest BCUT2D eigenvalue weighted by Crippen LogP contribution is -2.42. The van der Waals surface area contributed by atoms with E-state index in [4.69, 9.17) is 0 Å². The number of thioether (sulfide) groups is 1. The molecule has 0 spiro atoms. The van der Waals surface area contributed by atoms with E-state index >= 15 is 0 Å². The van der Waals surface area contributed by atoms with Crippen molar-refractivity contribution in [3.8, 4) is 0 Å². The number of hydrogen-bond acceptors (Lipinski definition) is 4. The number of fused-ring (bicyclic) bond motifs is 1. The molecule has 4 nitrogen and oxygen atoms in total. The average Bonchev–Trinajstić information content (AvgIpc) is 2.66. The second-order valence-corrected chi connectivity index (χ2v) is 7.59. The van der Waals surface area contributed by atoms with E-state index < -0.39 is 12.0 Å². The highest BCUT2D eigenvalue weighted by Crippen LogP contribution is 2.32. The summed E-state index contributed by atoms with van der Waals surface area (Å²) < 4.78 is 39.3. The number of nitrogens with zero attached hydrogens (tertiary/aromatic N) is 3. The van der Waals surface area contributed by atoms with Crippen LogP contribution in [0.25, 0.3) is 10.9 Å². The number of alkyl halides is 3. The average molecular weight is 397 g/mol. The molecule has 0 N–H and O–H groups in total. The van der Waals surface area contributed by atoms with Crippen LogP contribution in [0, 0.1) is 0 Å². The van der Waals surface area contributed by atoms with Gasteiger partial charge in [0.25, 0.3) is 0 Å². The molecule has 1 aromatic heterocycles. The summed E-state index contributed by atoms with van der Waals surface area (Å²) in [5, 5.41) is 0.727. The molecule has 27 heavy (non-hydrogen) atoms. The van der Waals surface area contributed by atoms with Gasteiger partial charge in [-0.15, -0.1) is 0 Å². The molecule has 0 bridgehead atoms. The predicted molar refractivity (Wildman–Crippen MR) is 99.5 cm³/mol. The fraction of sp³-hybridized carbons (Fsp3) is 0.526. The number of para-hydroxylation sites is 1. The van der Waals surface area contributed by atoms with Crippen molar-refractivity contribution in [2.75, 3.05) is 12.3 Å². The van der Waals surface area contributed by atoms with Crippen LogP contribution in [0.1, 0.15) is 44.9 Å². The molecule has 0 unspecified atom stereocenters. The van der Waals surface area contributed by atoms with Crippen LogP contribution in [0.2, 0.25) is 0 Å². The van der Waals surface area contributed by atoms with Crippen LogP contribution < -0.4 is 0 Å². The summed E-state index contributed by atoms with van der Waals surface area (Å²) in [6.45, 7) is 2.56. The first-order valence-electron chi connectivity index (χ1n) is 9.16. The smallest absolute Gasteiger partial charge is 0.339 e. The predicted octanol–water partition coefficient (Wildman–Crippen LogP) is 4.92. The molecule has 146 valence electrons. The lowest BCUT2D eigenvalue weighted by atomic mass is 9.94. The van der Waals surface area contributed by atoms with Crippen LogP contribution in [0.15, 0.2) is 29.3 Å². The zero-order valence-electron chi connectivity index (χ0n) is 15.1. The van der Waals surface area contributed by atoms with Gasteiger partial charge in [0, 0.05) is 18.0 Å². The zero-order chi connectivity index (χ0) is 19.4. The number of carbonyl (C=O) groups excluding carboxylic acids is 1. The Morgan fingerprint density at radius 3 is 2.56 bits per heavy atom. The highest BCUT2D eigenvalue weighted by molar-refractivity contribution is 8.00. The van der Waals surface area contributed by atoms with E-state index in [0.29, 0.717) is 11.9 Å². The van der Waals surface area contributed by atoms with E-state index in [0.717, 1.165) is 37.4 Å². The fourth-order valence-corrected chi connectivity index (χ4v) is 4.43. The van der Waals surface area contributed by atoms with Crippen molar-refractivity contribution in [3.63, 3.8) is 0 Å². The first-order valence-corrected chi connectivity index (χ1v) is 10.1. The molecular weight excluding hydrogens is 375 g/mol. The minimum absolute atomic E-state index is 0.0503. The number of rotatable bonds is 5. The second kappa shape index (κ2) is 8.46. The SMILES string of the molecule is CCN(C(=O)CSc1nc(C(F)(F)F)nc2ccccc12)C1CCCCC1. The fourth-order valence-electron chi connectivity index (χ4n) is 3.53. The third kappa shape index (κ3) is 4.72. The molecule has 0 radical (unpaired) electrons. The molecular formula is C19H22F3N3OS. The Morgan fingerprint density at radius 2 is 1.89 bits per heavy atom. The number of amides is 1. The summed E-state index contributed by atoms with van der Waals surface area (Å²) in [5.74, 6) is -1.15. The summed E-state index contributed by atoms with van der Waals surface area (Å²) in [7, 11) is 0. The van der Waals surface area contributed by atoms with Crippen LogP contribution >= 0.6 is 11.8 Å². The Hall–Kier alpha value is -1.83. The maximum absolute atomic E-state index is 13.1. The van der Waals surface area contributed by atoms with Crippen LogP contribution in [-0.4, -0.2) is 39.1 Å². The van der Waals surface area contributed by atoms with Crippen molar-refractivity contribution < 1.29 is 18.0 Å². The minimum atomic E-state index is -4.62. The van der Waals surface area contributed by atoms with Gasteiger partial charge >= 0.3 is 6.18 Å². The lowest BCUT2D eigenvalue weighted by molar-refractivity contribution is -0.145. The highest BCUT2D eigenvalue weighted by Gasteiger charge is 2.35. The van der Waals surface area contributed by atoms with Gasteiger partial charge < -0.3 is 4.90 Å². The molecule has 1 aliphatic carbocycles. The molecule has 3 rings (SSSR count).